The molecule has 0 heterocycles. The third-order valence-electron chi connectivity index (χ3n) is 2.62. The van der Waals surface area contributed by atoms with Gasteiger partial charge in [0, 0.05) is 6.61 Å². The maximum Gasteiger partial charge on any atom is 0.309 e. The molecule has 0 saturated heterocycles. The predicted molar refractivity (Wildman–Crippen MR) is 40.2 cm³/mol. The maximum atomic E-state index is 10.7. The van der Waals surface area contributed by atoms with E-state index in [0.29, 0.717) is 12.8 Å². The second-order valence-corrected chi connectivity index (χ2v) is 3.66. The van der Waals surface area contributed by atoms with Gasteiger partial charge in [-0.05, 0) is 32.1 Å². The molecule has 0 amide bonds. The highest BCUT2D eigenvalue weighted by atomic mass is 16.4. The third-order valence-corrected chi connectivity index (χ3v) is 2.62. The average Bonchev–Trinajstić information content (AvgIpc) is 2.33. The molecule has 0 radical (unpaired) electrons. The van der Waals surface area contributed by atoms with Gasteiger partial charge in [-0.2, -0.15) is 0 Å². The molecule has 2 atom stereocenters. The van der Waals surface area contributed by atoms with Gasteiger partial charge >= 0.3 is 5.97 Å². The van der Waals surface area contributed by atoms with Crippen molar-refractivity contribution in [1.29, 1.82) is 0 Å². The van der Waals surface area contributed by atoms with Crippen molar-refractivity contribution in [3.05, 3.63) is 0 Å². The molecule has 1 rings (SSSR count). The van der Waals surface area contributed by atoms with E-state index in [-0.39, 0.29) is 12.5 Å². The summed E-state index contributed by atoms with van der Waals surface area (Å²) in [6.45, 7) is 1.88. The summed E-state index contributed by atoms with van der Waals surface area (Å²) in [6.07, 6.45) is 2.17. The molecule has 0 aromatic carbocycles. The Kier molecular flexibility index (Phi) is 2.18. The molecule has 1 saturated carbocycles. The van der Waals surface area contributed by atoms with E-state index in [1.807, 2.05) is 0 Å². The molecule has 2 unspecified atom stereocenters. The number of carbonyl (C=O) groups is 1. The zero-order valence-corrected chi connectivity index (χ0v) is 6.71. The van der Waals surface area contributed by atoms with Crippen LogP contribution in [0.15, 0.2) is 0 Å². The molecule has 0 aromatic heterocycles. The first-order chi connectivity index (χ1) is 5.08. The Hall–Kier alpha value is -0.570. The SMILES string of the molecule is CC1(C(=O)O)CCC(CO)C1. The first kappa shape index (κ1) is 8.53. The van der Waals surface area contributed by atoms with Crippen LogP contribution in [-0.4, -0.2) is 22.8 Å². The zero-order valence-electron chi connectivity index (χ0n) is 6.71. The van der Waals surface area contributed by atoms with E-state index in [4.69, 9.17) is 10.2 Å². The lowest BCUT2D eigenvalue weighted by Crippen LogP contribution is -2.24. The minimum absolute atomic E-state index is 0.128. The number of aliphatic hydroxyl groups excluding tert-OH is 1. The van der Waals surface area contributed by atoms with E-state index in [2.05, 4.69) is 0 Å². The van der Waals surface area contributed by atoms with Crippen LogP contribution in [0.5, 0.6) is 0 Å². The predicted octanol–water partition coefficient (Wildman–Crippen LogP) is 0.870. The number of hydrogen-bond acceptors (Lipinski definition) is 2. The standard InChI is InChI=1S/C8H14O3/c1-8(7(10)11)3-2-6(4-8)5-9/h6,9H,2-5H2,1H3,(H,10,11). The highest BCUT2D eigenvalue weighted by molar-refractivity contribution is 5.74. The molecule has 1 aliphatic carbocycles. The first-order valence-corrected chi connectivity index (χ1v) is 3.93. The molecule has 1 fully saturated rings. The van der Waals surface area contributed by atoms with Crippen LogP contribution in [0.2, 0.25) is 0 Å². The Bertz CT molecular complexity index is 167. The van der Waals surface area contributed by atoms with Gasteiger partial charge in [-0.15, -0.1) is 0 Å². The smallest absolute Gasteiger partial charge is 0.309 e. The van der Waals surface area contributed by atoms with Gasteiger partial charge in [0.25, 0.3) is 0 Å². The number of aliphatic carboxylic acids is 1. The quantitative estimate of drug-likeness (QED) is 0.627. The summed E-state index contributed by atoms with van der Waals surface area (Å²) >= 11 is 0. The highest BCUT2D eigenvalue weighted by Crippen LogP contribution is 2.41. The summed E-state index contributed by atoms with van der Waals surface area (Å²) in [5.74, 6) is -0.524. The Morgan fingerprint density at radius 3 is 2.64 bits per heavy atom. The van der Waals surface area contributed by atoms with Gasteiger partial charge in [0.1, 0.15) is 0 Å². The van der Waals surface area contributed by atoms with Gasteiger partial charge in [0.15, 0.2) is 0 Å². The normalized spacial score (nSPS) is 37.5. The van der Waals surface area contributed by atoms with Crippen LogP contribution >= 0.6 is 0 Å². The van der Waals surface area contributed by atoms with Gasteiger partial charge in [0.2, 0.25) is 0 Å². The van der Waals surface area contributed by atoms with Crippen molar-refractivity contribution in [1.82, 2.24) is 0 Å². The van der Waals surface area contributed by atoms with Crippen LogP contribution in [0.1, 0.15) is 26.2 Å². The molecule has 1 aliphatic rings. The van der Waals surface area contributed by atoms with Gasteiger partial charge < -0.3 is 10.2 Å². The first-order valence-electron chi connectivity index (χ1n) is 3.93. The fraction of sp³-hybridized carbons (Fsp3) is 0.875. The summed E-state index contributed by atoms with van der Waals surface area (Å²) in [5.41, 5.74) is -0.576. The molecule has 3 heteroatoms. The Labute approximate surface area is 66.0 Å². The van der Waals surface area contributed by atoms with E-state index in [9.17, 15) is 4.79 Å². The summed E-state index contributed by atoms with van der Waals surface area (Å²) in [7, 11) is 0. The van der Waals surface area contributed by atoms with Crippen LogP contribution in [0.25, 0.3) is 0 Å². The van der Waals surface area contributed by atoms with Gasteiger partial charge in [-0.3, -0.25) is 4.79 Å². The van der Waals surface area contributed by atoms with Gasteiger partial charge in [0.05, 0.1) is 5.41 Å². The third kappa shape index (κ3) is 1.53. The molecule has 0 spiro atoms. The van der Waals surface area contributed by atoms with Crippen molar-refractivity contribution >= 4 is 5.97 Å². The van der Waals surface area contributed by atoms with Crippen molar-refractivity contribution in [2.45, 2.75) is 26.2 Å². The van der Waals surface area contributed by atoms with Crippen molar-refractivity contribution in [3.63, 3.8) is 0 Å². The van der Waals surface area contributed by atoms with Crippen molar-refractivity contribution < 1.29 is 15.0 Å². The molecule has 0 bridgehead atoms. The number of carboxylic acid groups (broad SMARTS) is 1. The lowest BCUT2D eigenvalue weighted by molar-refractivity contribution is -0.147. The Balaban J connectivity index is 2.57. The second-order valence-electron chi connectivity index (χ2n) is 3.66. The molecule has 0 aromatic rings. The average molecular weight is 158 g/mol. The zero-order chi connectivity index (χ0) is 8.48. The highest BCUT2D eigenvalue weighted by Gasteiger charge is 2.40. The van der Waals surface area contributed by atoms with Crippen molar-refractivity contribution in [3.8, 4) is 0 Å². The van der Waals surface area contributed by atoms with Crippen LogP contribution in [-0.2, 0) is 4.79 Å². The maximum absolute atomic E-state index is 10.7. The molecular formula is C8H14O3. The molecule has 3 nitrogen and oxygen atoms in total. The molecular weight excluding hydrogens is 144 g/mol. The Morgan fingerprint density at radius 2 is 2.36 bits per heavy atom. The van der Waals surface area contributed by atoms with E-state index < -0.39 is 11.4 Å². The fourth-order valence-electron chi connectivity index (χ4n) is 1.71. The van der Waals surface area contributed by atoms with Gasteiger partial charge in [-0.25, -0.2) is 0 Å². The van der Waals surface area contributed by atoms with Crippen molar-refractivity contribution in [2.24, 2.45) is 11.3 Å². The van der Waals surface area contributed by atoms with E-state index in [1.165, 1.54) is 0 Å². The number of carboxylic acids is 1. The molecule has 0 aliphatic heterocycles. The monoisotopic (exact) mass is 158 g/mol. The van der Waals surface area contributed by atoms with Crippen LogP contribution in [0.4, 0.5) is 0 Å². The summed E-state index contributed by atoms with van der Waals surface area (Å²) in [4.78, 5) is 10.7. The Morgan fingerprint density at radius 1 is 1.73 bits per heavy atom. The molecule has 2 N–H and O–H groups in total. The minimum Gasteiger partial charge on any atom is -0.481 e. The summed E-state index contributed by atoms with van der Waals surface area (Å²) < 4.78 is 0. The molecule has 64 valence electrons. The fourth-order valence-corrected chi connectivity index (χ4v) is 1.71. The lowest BCUT2D eigenvalue weighted by Gasteiger charge is -2.17. The number of hydrogen-bond donors (Lipinski definition) is 2. The van der Waals surface area contributed by atoms with Gasteiger partial charge in [-0.1, -0.05) is 0 Å². The summed E-state index contributed by atoms with van der Waals surface area (Å²) in [6, 6.07) is 0. The summed E-state index contributed by atoms with van der Waals surface area (Å²) in [5, 5.41) is 17.6. The second kappa shape index (κ2) is 2.81. The van der Waals surface area contributed by atoms with Crippen LogP contribution in [0, 0.1) is 11.3 Å². The van der Waals surface area contributed by atoms with Crippen molar-refractivity contribution in [2.75, 3.05) is 6.61 Å². The largest absolute Gasteiger partial charge is 0.481 e. The van der Waals surface area contributed by atoms with E-state index in [0.717, 1.165) is 6.42 Å². The minimum atomic E-state index is -0.728. The number of rotatable bonds is 2. The topological polar surface area (TPSA) is 57.5 Å². The lowest BCUT2D eigenvalue weighted by atomic mass is 9.88. The number of aliphatic hydroxyl groups is 1. The molecule has 11 heavy (non-hydrogen) atoms. The van der Waals surface area contributed by atoms with Crippen LogP contribution in [0.3, 0.4) is 0 Å². The van der Waals surface area contributed by atoms with Crippen LogP contribution < -0.4 is 0 Å². The van der Waals surface area contributed by atoms with E-state index in [1.54, 1.807) is 6.92 Å². The van der Waals surface area contributed by atoms with E-state index >= 15 is 0 Å².